The highest BCUT2D eigenvalue weighted by molar-refractivity contribution is 5.95. The molecule has 0 atom stereocenters. The van der Waals surface area contributed by atoms with E-state index in [2.05, 4.69) is 26.9 Å². The monoisotopic (exact) mass is 368 g/mol. The number of nitrogen functional groups attached to an aromatic ring is 1. The lowest BCUT2D eigenvalue weighted by atomic mass is 10.1. The molecule has 2 aromatic heterocycles. The number of piperidine rings is 1. The van der Waals surface area contributed by atoms with Gasteiger partial charge in [0.1, 0.15) is 17.6 Å². The van der Waals surface area contributed by atoms with E-state index in [9.17, 15) is 0 Å². The van der Waals surface area contributed by atoms with Gasteiger partial charge in [0.25, 0.3) is 0 Å². The van der Waals surface area contributed by atoms with Crippen molar-refractivity contribution in [2.75, 3.05) is 32.5 Å². The Hall–Kier alpha value is -2.41. The van der Waals surface area contributed by atoms with Crippen molar-refractivity contribution >= 4 is 22.5 Å². The minimum absolute atomic E-state index is 0.296. The summed E-state index contributed by atoms with van der Waals surface area (Å²) in [6.45, 7) is 6.56. The number of fused-ring (bicyclic) bond motifs is 3. The number of rotatable bonds is 3. The third kappa shape index (κ3) is 3.83. The van der Waals surface area contributed by atoms with Crippen molar-refractivity contribution in [3.8, 4) is 5.75 Å². The van der Waals surface area contributed by atoms with Crippen molar-refractivity contribution in [1.82, 2.24) is 24.5 Å². The van der Waals surface area contributed by atoms with Gasteiger partial charge in [-0.3, -0.25) is 0 Å². The van der Waals surface area contributed by atoms with E-state index in [1.54, 1.807) is 7.11 Å². The third-order valence-corrected chi connectivity index (χ3v) is 5.61. The largest absolute Gasteiger partial charge is 0.494 e. The summed E-state index contributed by atoms with van der Waals surface area (Å²) < 4.78 is 6.73. The van der Waals surface area contributed by atoms with Crippen molar-refractivity contribution in [3.05, 3.63) is 24.5 Å². The van der Waals surface area contributed by atoms with Crippen LogP contribution in [0.1, 0.15) is 39.0 Å². The van der Waals surface area contributed by atoms with Crippen molar-refractivity contribution in [2.24, 2.45) is 5.41 Å². The van der Waals surface area contributed by atoms with E-state index in [4.69, 9.17) is 10.5 Å². The first-order valence-corrected chi connectivity index (χ1v) is 9.74. The van der Waals surface area contributed by atoms with Gasteiger partial charge in [-0.15, -0.1) is 0 Å². The predicted octanol–water partition coefficient (Wildman–Crippen LogP) is 3.14. The van der Waals surface area contributed by atoms with E-state index in [0.717, 1.165) is 10.8 Å². The van der Waals surface area contributed by atoms with Crippen molar-refractivity contribution in [1.29, 1.82) is 0 Å². The van der Waals surface area contributed by atoms with Gasteiger partial charge in [-0.1, -0.05) is 19.4 Å². The number of hydrogen-bond acceptors (Lipinski definition) is 6. The Morgan fingerprint density at radius 2 is 1.96 bits per heavy atom. The van der Waals surface area contributed by atoms with Crippen LogP contribution in [0, 0.1) is 5.41 Å². The third-order valence-electron chi connectivity index (χ3n) is 5.61. The van der Waals surface area contributed by atoms with E-state index in [0.29, 0.717) is 22.9 Å². The van der Waals surface area contributed by atoms with E-state index >= 15 is 0 Å². The second-order valence-corrected chi connectivity index (χ2v) is 7.97. The second kappa shape index (κ2) is 7.31. The highest BCUT2D eigenvalue weighted by Gasteiger charge is 2.38. The lowest BCUT2D eigenvalue weighted by Crippen LogP contribution is -2.34. The highest BCUT2D eigenvalue weighted by atomic mass is 16.5. The Morgan fingerprint density at radius 3 is 2.67 bits per heavy atom. The summed E-state index contributed by atoms with van der Waals surface area (Å²) in [7, 11) is 1.60. The minimum Gasteiger partial charge on any atom is -0.494 e. The fraction of sp³-hybridized carbons (Fsp3) is 0.550. The Labute approximate surface area is 159 Å². The molecule has 144 valence electrons. The zero-order valence-electron chi connectivity index (χ0n) is 16.2. The van der Waals surface area contributed by atoms with E-state index < -0.39 is 0 Å². The number of benzene rings is 1. The molecule has 7 nitrogen and oxygen atoms in total. The summed E-state index contributed by atoms with van der Waals surface area (Å²) in [5, 5.41) is 4.87. The van der Waals surface area contributed by atoms with Crippen LogP contribution in [0.15, 0.2) is 24.5 Å². The Bertz CT molecular complexity index is 927. The summed E-state index contributed by atoms with van der Waals surface area (Å²) >= 11 is 0. The molecule has 2 aliphatic rings. The fourth-order valence-corrected chi connectivity index (χ4v) is 3.77. The first kappa shape index (κ1) is 18.0. The van der Waals surface area contributed by atoms with Gasteiger partial charge >= 0.3 is 0 Å². The molecule has 3 aromatic rings. The number of para-hydroxylation sites is 1. The molecule has 0 bridgehead atoms. The van der Waals surface area contributed by atoms with Gasteiger partial charge in [-0.05, 0) is 56.3 Å². The van der Waals surface area contributed by atoms with Crippen LogP contribution < -0.4 is 10.5 Å². The Kier molecular flexibility index (Phi) is 4.86. The maximum absolute atomic E-state index is 5.78. The highest BCUT2D eigenvalue weighted by Crippen LogP contribution is 2.45. The maximum atomic E-state index is 5.78. The average Bonchev–Trinajstić information content (AvgIpc) is 3.20. The smallest absolute Gasteiger partial charge is 0.223 e. The van der Waals surface area contributed by atoms with Gasteiger partial charge in [0.15, 0.2) is 5.65 Å². The standard InChI is InChI=1S/C10H9N5O.C10H19N/c1-16-7-4-2-3-6-8(7)14-10(11)15-9(6)12-5-13-15;1-10(5-6-10)9-11-7-3-2-4-8-11/h2-5H,1H3,(H2,11,14);2-9H2,1H3. The molecule has 0 radical (unpaired) electrons. The van der Waals surface area contributed by atoms with Crippen LogP contribution >= 0.6 is 0 Å². The summed E-state index contributed by atoms with van der Waals surface area (Å²) in [4.78, 5) is 11.1. The van der Waals surface area contributed by atoms with Crippen LogP contribution in [0.4, 0.5) is 5.95 Å². The SMILES string of the molecule is CC1(CN2CCCCC2)CC1.COc1cccc2c1nc(N)n1ncnc21. The molecule has 1 aliphatic carbocycles. The lowest BCUT2D eigenvalue weighted by molar-refractivity contribution is 0.193. The zero-order valence-corrected chi connectivity index (χ0v) is 16.2. The molecule has 1 aliphatic heterocycles. The van der Waals surface area contributed by atoms with Crippen LogP contribution in [-0.4, -0.2) is 51.2 Å². The van der Waals surface area contributed by atoms with Crippen LogP contribution in [0.25, 0.3) is 16.6 Å². The topological polar surface area (TPSA) is 81.6 Å². The average molecular weight is 368 g/mol. The Balaban J connectivity index is 0.000000143. The van der Waals surface area contributed by atoms with Crippen LogP contribution in [-0.2, 0) is 0 Å². The van der Waals surface area contributed by atoms with Gasteiger partial charge < -0.3 is 15.4 Å². The van der Waals surface area contributed by atoms with Gasteiger partial charge in [0.05, 0.1) is 7.11 Å². The summed E-state index contributed by atoms with van der Waals surface area (Å²) in [5.41, 5.74) is 7.90. The van der Waals surface area contributed by atoms with E-state index in [-0.39, 0.29) is 0 Å². The molecular formula is C20H28N6O. The lowest BCUT2D eigenvalue weighted by Gasteiger charge is -2.28. The zero-order chi connectivity index (χ0) is 18.9. The Morgan fingerprint density at radius 1 is 1.19 bits per heavy atom. The number of hydrogen-bond donors (Lipinski definition) is 1. The molecule has 1 saturated carbocycles. The van der Waals surface area contributed by atoms with Gasteiger partial charge in [-0.25, -0.2) is 9.97 Å². The normalized spacial score (nSPS) is 18.9. The number of ether oxygens (including phenoxy) is 1. The number of anilines is 1. The quantitative estimate of drug-likeness (QED) is 0.765. The van der Waals surface area contributed by atoms with Crippen LogP contribution in [0.2, 0.25) is 0 Å². The molecule has 3 heterocycles. The molecular weight excluding hydrogens is 340 g/mol. The van der Waals surface area contributed by atoms with Crippen molar-refractivity contribution in [3.63, 3.8) is 0 Å². The molecule has 27 heavy (non-hydrogen) atoms. The summed E-state index contributed by atoms with van der Waals surface area (Å²) in [6, 6.07) is 5.63. The predicted molar refractivity (Wildman–Crippen MR) is 107 cm³/mol. The first-order chi connectivity index (χ1) is 13.1. The molecule has 5 rings (SSSR count). The molecule has 1 aromatic carbocycles. The van der Waals surface area contributed by atoms with Gasteiger partial charge in [0.2, 0.25) is 5.95 Å². The van der Waals surface area contributed by atoms with Crippen LogP contribution in [0.5, 0.6) is 5.75 Å². The minimum atomic E-state index is 0.296. The maximum Gasteiger partial charge on any atom is 0.223 e. The van der Waals surface area contributed by atoms with E-state index in [1.807, 2.05) is 18.2 Å². The summed E-state index contributed by atoms with van der Waals surface area (Å²) in [5.74, 6) is 0.971. The van der Waals surface area contributed by atoms with Gasteiger partial charge in [-0.2, -0.15) is 9.61 Å². The second-order valence-electron chi connectivity index (χ2n) is 7.97. The number of nitrogens with two attached hydrogens (primary N) is 1. The number of methoxy groups -OCH3 is 1. The molecule has 0 spiro atoms. The molecule has 0 unspecified atom stereocenters. The van der Waals surface area contributed by atoms with Gasteiger partial charge in [0, 0.05) is 11.9 Å². The molecule has 2 fully saturated rings. The van der Waals surface area contributed by atoms with Crippen molar-refractivity contribution in [2.45, 2.75) is 39.0 Å². The molecule has 2 N–H and O–H groups in total. The van der Waals surface area contributed by atoms with Crippen molar-refractivity contribution < 1.29 is 4.74 Å². The molecule has 0 amide bonds. The summed E-state index contributed by atoms with van der Waals surface area (Å²) in [6.07, 6.45) is 8.75. The molecule has 7 heteroatoms. The van der Waals surface area contributed by atoms with E-state index in [1.165, 1.54) is 62.6 Å². The molecule has 1 saturated heterocycles. The number of aromatic nitrogens is 4. The number of likely N-dealkylation sites (tertiary alicyclic amines) is 1. The fourth-order valence-electron chi connectivity index (χ4n) is 3.77. The number of nitrogens with zero attached hydrogens (tertiary/aromatic N) is 5. The van der Waals surface area contributed by atoms with Crippen LogP contribution in [0.3, 0.4) is 0 Å². The first-order valence-electron chi connectivity index (χ1n) is 9.74.